The second-order valence-corrected chi connectivity index (χ2v) is 7.88. The fourth-order valence-electron chi connectivity index (χ4n) is 3.11. The molecule has 2 rings (SSSR count). The number of nitrogens with one attached hydrogen (secondary N) is 1. The van der Waals surface area contributed by atoms with Gasteiger partial charge in [0, 0.05) is 6.04 Å². The molecular formula is C20H30N2O4. The van der Waals surface area contributed by atoms with Gasteiger partial charge in [0.15, 0.2) is 0 Å². The molecule has 0 aliphatic heterocycles. The second kappa shape index (κ2) is 9.03. The van der Waals surface area contributed by atoms with E-state index in [2.05, 4.69) is 5.32 Å². The molecule has 6 heteroatoms. The highest BCUT2D eigenvalue weighted by molar-refractivity contribution is 5.76. The third-order valence-electron chi connectivity index (χ3n) is 4.50. The fourth-order valence-corrected chi connectivity index (χ4v) is 3.11. The van der Waals surface area contributed by atoms with Crippen LogP contribution in [-0.2, 0) is 20.9 Å². The average molecular weight is 362 g/mol. The van der Waals surface area contributed by atoms with E-state index in [4.69, 9.17) is 15.2 Å². The minimum Gasteiger partial charge on any atom is -0.460 e. The maximum Gasteiger partial charge on any atom is 0.407 e. The number of hydrogen-bond acceptors (Lipinski definition) is 5. The summed E-state index contributed by atoms with van der Waals surface area (Å²) in [6, 6.07) is 8.98. The molecule has 6 nitrogen and oxygen atoms in total. The van der Waals surface area contributed by atoms with Crippen molar-refractivity contribution in [3.05, 3.63) is 35.9 Å². The van der Waals surface area contributed by atoms with E-state index in [1.54, 1.807) is 0 Å². The number of ether oxygens (including phenoxy) is 2. The standard InChI is InChI=1S/C20H30N2O4/c1-20(2,3)26-19(24)22-16-11-9-15(10-12-16)17(21)18(23)25-13-14-7-5-4-6-8-14/h4-8,15-17H,9-13,21H2,1-3H3,(H,22,24). The van der Waals surface area contributed by atoms with Crippen molar-refractivity contribution in [2.75, 3.05) is 0 Å². The van der Waals surface area contributed by atoms with Crippen molar-refractivity contribution in [3.63, 3.8) is 0 Å². The van der Waals surface area contributed by atoms with Crippen molar-refractivity contribution in [2.24, 2.45) is 11.7 Å². The lowest BCUT2D eigenvalue weighted by Crippen LogP contribution is -2.45. The second-order valence-electron chi connectivity index (χ2n) is 7.88. The molecule has 0 radical (unpaired) electrons. The van der Waals surface area contributed by atoms with E-state index in [1.807, 2.05) is 51.1 Å². The summed E-state index contributed by atoms with van der Waals surface area (Å²) in [6.07, 6.45) is 2.73. The summed E-state index contributed by atoms with van der Waals surface area (Å²) in [5.74, 6) is -0.285. The normalized spacial score (nSPS) is 21.5. The van der Waals surface area contributed by atoms with Crippen LogP contribution in [0.2, 0.25) is 0 Å². The van der Waals surface area contributed by atoms with Gasteiger partial charge in [-0.3, -0.25) is 4.79 Å². The van der Waals surface area contributed by atoms with Crippen LogP contribution in [0, 0.1) is 5.92 Å². The predicted molar refractivity (Wildman–Crippen MR) is 99.3 cm³/mol. The Bertz CT molecular complexity index is 590. The minimum absolute atomic E-state index is 0.0636. The molecule has 0 spiro atoms. The first kappa shape index (κ1) is 20.2. The van der Waals surface area contributed by atoms with Crippen molar-refractivity contribution in [1.29, 1.82) is 0 Å². The van der Waals surface area contributed by atoms with E-state index in [1.165, 1.54) is 0 Å². The van der Waals surface area contributed by atoms with Gasteiger partial charge in [0.25, 0.3) is 0 Å². The van der Waals surface area contributed by atoms with Gasteiger partial charge in [-0.25, -0.2) is 4.79 Å². The van der Waals surface area contributed by atoms with Gasteiger partial charge in [-0.15, -0.1) is 0 Å². The van der Waals surface area contributed by atoms with Gasteiger partial charge < -0.3 is 20.5 Å². The molecule has 1 aliphatic carbocycles. The summed E-state index contributed by atoms with van der Waals surface area (Å²) in [4.78, 5) is 24.0. The van der Waals surface area contributed by atoms with E-state index >= 15 is 0 Å². The third kappa shape index (κ3) is 6.67. The van der Waals surface area contributed by atoms with Crippen molar-refractivity contribution < 1.29 is 19.1 Å². The molecule has 1 fully saturated rings. The maximum atomic E-state index is 12.2. The molecule has 1 saturated carbocycles. The molecule has 1 amide bonds. The van der Waals surface area contributed by atoms with Gasteiger partial charge in [0.2, 0.25) is 0 Å². The Kier molecular flexibility index (Phi) is 7.03. The number of hydrogen-bond donors (Lipinski definition) is 2. The molecule has 0 heterocycles. The Balaban J connectivity index is 1.72. The zero-order valence-electron chi connectivity index (χ0n) is 15.9. The Morgan fingerprint density at radius 1 is 1.15 bits per heavy atom. The number of esters is 1. The number of amides is 1. The number of nitrogens with two attached hydrogens (primary N) is 1. The predicted octanol–water partition coefficient (Wildman–Crippen LogP) is 3.14. The highest BCUT2D eigenvalue weighted by Crippen LogP contribution is 2.27. The molecule has 3 N–H and O–H groups in total. The number of alkyl carbamates (subject to hydrolysis) is 1. The molecule has 1 aromatic carbocycles. The molecule has 26 heavy (non-hydrogen) atoms. The number of carbonyl (C=O) groups excluding carboxylic acids is 2. The highest BCUT2D eigenvalue weighted by Gasteiger charge is 2.31. The topological polar surface area (TPSA) is 90.6 Å². The van der Waals surface area contributed by atoms with Gasteiger partial charge in [-0.05, 0) is 57.9 Å². The van der Waals surface area contributed by atoms with Crippen LogP contribution in [0.25, 0.3) is 0 Å². The number of carbonyl (C=O) groups is 2. The third-order valence-corrected chi connectivity index (χ3v) is 4.50. The minimum atomic E-state index is -0.624. The van der Waals surface area contributed by atoms with E-state index < -0.39 is 17.7 Å². The lowest BCUT2D eigenvalue weighted by molar-refractivity contribution is -0.148. The van der Waals surface area contributed by atoms with Crippen LogP contribution in [0.3, 0.4) is 0 Å². The molecular weight excluding hydrogens is 332 g/mol. The largest absolute Gasteiger partial charge is 0.460 e. The Labute approximate surface area is 155 Å². The van der Waals surface area contributed by atoms with Gasteiger partial charge >= 0.3 is 12.1 Å². The molecule has 144 valence electrons. The summed E-state index contributed by atoms with van der Waals surface area (Å²) >= 11 is 0. The highest BCUT2D eigenvalue weighted by atomic mass is 16.6. The Hall–Kier alpha value is -2.08. The van der Waals surface area contributed by atoms with Crippen molar-refractivity contribution in [1.82, 2.24) is 5.32 Å². The van der Waals surface area contributed by atoms with Crippen molar-refractivity contribution >= 4 is 12.1 Å². The molecule has 0 aromatic heterocycles. The van der Waals surface area contributed by atoms with Crippen LogP contribution in [0.5, 0.6) is 0 Å². The SMILES string of the molecule is CC(C)(C)OC(=O)NC1CCC(C(N)C(=O)OCc2ccccc2)CC1. The van der Waals surface area contributed by atoms with Crippen LogP contribution in [0.15, 0.2) is 30.3 Å². The Morgan fingerprint density at radius 2 is 1.77 bits per heavy atom. The van der Waals surface area contributed by atoms with Crippen molar-refractivity contribution in [2.45, 2.75) is 70.7 Å². The summed E-state index contributed by atoms with van der Waals surface area (Å²) < 4.78 is 10.6. The molecule has 1 aliphatic rings. The zero-order chi connectivity index (χ0) is 19.2. The molecule has 0 bridgehead atoms. The lowest BCUT2D eigenvalue weighted by atomic mass is 9.82. The first-order valence-electron chi connectivity index (χ1n) is 9.20. The maximum absolute atomic E-state index is 12.2. The average Bonchev–Trinajstić information content (AvgIpc) is 2.59. The molecule has 1 atom stereocenters. The van der Waals surface area contributed by atoms with Crippen LogP contribution >= 0.6 is 0 Å². The van der Waals surface area contributed by atoms with Crippen LogP contribution in [0.4, 0.5) is 4.79 Å². The summed E-state index contributed by atoms with van der Waals surface area (Å²) in [6.45, 7) is 5.75. The molecule has 1 aromatic rings. The first-order chi connectivity index (χ1) is 12.2. The van der Waals surface area contributed by atoms with Crippen LogP contribution in [0.1, 0.15) is 52.0 Å². The lowest BCUT2D eigenvalue weighted by Gasteiger charge is -2.32. The van der Waals surface area contributed by atoms with Crippen molar-refractivity contribution in [3.8, 4) is 0 Å². The molecule has 1 unspecified atom stereocenters. The quantitative estimate of drug-likeness (QED) is 0.785. The van der Waals surface area contributed by atoms with Gasteiger partial charge in [0.1, 0.15) is 18.2 Å². The van der Waals surface area contributed by atoms with Gasteiger partial charge in [-0.1, -0.05) is 30.3 Å². The van der Waals surface area contributed by atoms with Crippen LogP contribution in [-0.4, -0.2) is 29.7 Å². The first-order valence-corrected chi connectivity index (χ1v) is 9.20. The van der Waals surface area contributed by atoms with E-state index in [0.29, 0.717) is 0 Å². The zero-order valence-corrected chi connectivity index (χ0v) is 15.9. The monoisotopic (exact) mass is 362 g/mol. The molecule has 0 saturated heterocycles. The van der Waals surface area contributed by atoms with E-state index in [9.17, 15) is 9.59 Å². The summed E-state index contributed by atoms with van der Waals surface area (Å²) in [5.41, 5.74) is 6.53. The summed E-state index contributed by atoms with van der Waals surface area (Å²) in [5, 5.41) is 2.89. The summed E-state index contributed by atoms with van der Waals surface area (Å²) in [7, 11) is 0. The fraction of sp³-hybridized carbons (Fsp3) is 0.600. The van der Waals surface area contributed by atoms with E-state index in [-0.39, 0.29) is 24.5 Å². The van der Waals surface area contributed by atoms with Gasteiger partial charge in [-0.2, -0.15) is 0 Å². The number of rotatable bonds is 5. The van der Waals surface area contributed by atoms with Gasteiger partial charge in [0.05, 0.1) is 0 Å². The van der Waals surface area contributed by atoms with Crippen LogP contribution < -0.4 is 11.1 Å². The Morgan fingerprint density at radius 3 is 2.35 bits per heavy atom. The van der Waals surface area contributed by atoms with E-state index in [0.717, 1.165) is 31.2 Å². The number of benzene rings is 1. The smallest absolute Gasteiger partial charge is 0.407 e.